The van der Waals surface area contributed by atoms with E-state index >= 15 is 0 Å². The van der Waals surface area contributed by atoms with Gasteiger partial charge in [0.15, 0.2) is 5.13 Å². The van der Waals surface area contributed by atoms with E-state index in [1.807, 2.05) is 19.1 Å². The lowest BCUT2D eigenvalue weighted by Gasteiger charge is -2.31. The van der Waals surface area contributed by atoms with Gasteiger partial charge in [0.05, 0.1) is 15.7 Å². The third-order valence-corrected chi connectivity index (χ3v) is 7.56. The molecule has 3 N–H and O–H groups in total. The molecule has 0 saturated carbocycles. The molecule has 0 unspecified atom stereocenters. The highest BCUT2D eigenvalue weighted by molar-refractivity contribution is 9.10. The van der Waals surface area contributed by atoms with Crippen LogP contribution >= 0.6 is 39.0 Å². The van der Waals surface area contributed by atoms with Gasteiger partial charge in [0.1, 0.15) is 0 Å². The Morgan fingerprint density at radius 1 is 1.28 bits per heavy atom. The highest BCUT2D eigenvalue weighted by Gasteiger charge is 2.28. The van der Waals surface area contributed by atoms with Crippen molar-refractivity contribution in [2.45, 2.75) is 24.0 Å². The molecule has 3 amide bonds. The molecule has 1 aliphatic rings. The van der Waals surface area contributed by atoms with Gasteiger partial charge in [-0.15, -0.1) is 11.8 Å². The maximum Gasteiger partial charge on any atom is 0.253 e. The van der Waals surface area contributed by atoms with Crippen LogP contribution in [-0.2, 0) is 9.59 Å². The summed E-state index contributed by atoms with van der Waals surface area (Å²) in [6.07, 6.45) is 1.23. The summed E-state index contributed by atoms with van der Waals surface area (Å²) < 4.78 is 1.80. The Morgan fingerprint density at radius 3 is 2.55 bits per heavy atom. The Balaban J connectivity index is 1.52. The van der Waals surface area contributed by atoms with Crippen molar-refractivity contribution in [3.63, 3.8) is 0 Å². The number of nitrogens with two attached hydrogens (primary N) is 1. The van der Waals surface area contributed by atoms with Crippen LogP contribution in [0.2, 0.25) is 0 Å². The van der Waals surface area contributed by atoms with E-state index in [0.717, 1.165) is 14.4 Å². The van der Waals surface area contributed by atoms with E-state index in [-0.39, 0.29) is 23.5 Å². The molecule has 1 aromatic heterocycles. The number of aromatic nitrogens is 1. The van der Waals surface area contributed by atoms with Crippen molar-refractivity contribution in [2.75, 3.05) is 24.2 Å². The third-order valence-electron chi connectivity index (χ3n) is 4.57. The number of thioether (sulfide) groups is 1. The number of piperidine rings is 1. The minimum Gasteiger partial charge on any atom is -0.369 e. The molecule has 10 heteroatoms. The first-order valence-corrected chi connectivity index (χ1v) is 11.7. The zero-order chi connectivity index (χ0) is 21.0. The summed E-state index contributed by atoms with van der Waals surface area (Å²) in [6, 6.07) is 7.28. The number of thiazole rings is 1. The van der Waals surface area contributed by atoms with E-state index in [0.29, 0.717) is 36.6 Å². The van der Waals surface area contributed by atoms with Gasteiger partial charge in [0, 0.05) is 29.0 Å². The Bertz CT molecular complexity index is 909. The minimum atomic E-state index is -0.391. The minimum absolute atomic E-state index is 0.0111. The summed E-state index contributed by atoms with van der Waals surface area (Å²) >= 11 is 6.03. The molecule has 1 aliphatic heterocycles. The van der Waals surface area contributed by atoms with Crippen LogP contribution in [0.3, 0.4) is 0 Å². The van der Waals surface area contributed by atoms with Gasteiger partial charge in [-0.25, -0.2) is 4.98 Å². The van der Waals surface area contributed by atoms with E-state index in [2.05, 4.69) is 26.2 Å². The number of anilines is 1. The molecule has 1 fully saturated rings. The topological polar surface area (TPSA) is 105 Å². The zero-order valence-electron chi connectivity index (χ0n) is 15.8. The molecule has 154 valence electrons. The first kappa shape index (κ1) is 21.8. The highest BCUT2D eigenvalue weighted by atomic mass is 79.9. The number of carbonyl (C=O) groups is 3. The zero-order valence-corrected chi connectivity index (χ0v) is 19.0. The van der Waals surface area contributed by atoms with Crippen molar-refractivity contribution in [3.05, 3.63) is 40.0 Å². The summed E-state index contributed by atoms with van der Waals surface area (Å²) in [7, 11) is 0. The summed E-state index contributed by atoms with van der Waals surface area (Å²) in [4.78, 5) is 42.3. The molecule has 7 nitrogen and oxygen atoms in total. The molecule has 29 heavy (non-hydrogen) atoms. The summed E-state index contributed by atoms with van der Waals surface area (Å²) in [5.41, 5.74) is 6.59. The number of amides is 3. The van der Waals surface area contributed by atoms with Crippen molar-refractivity contribution >= 4 is 61.9 Å². The highest BCUT2D eigenvalue weighted by Crippen LogP contribution is 2.32. The lowest BCUT2D eigenvalue weighted by atomic mass is 9.95. The van der Waals surface area contributed by atoms with E-state index in [4.69, 9.17) is 5.73 Å². The normalized spacial score (nSPS) is 14.6. The van der Waals surface area contributed by atoms with Gasteiger partial charge in [-0.05, 0) is 44.0 Å². The monoisotopic (exact) mass is 496 g/mol. The summed E-state index contributed by atoms with van der Waals surface area (Å²) in [6.45, 7) is 2.93. The SMILES string of the molecule is Cc1nc(NC(=O)C2CCN(C(=O)c3ccc(Br)cc3)CC2)sc1SCC(N)=O. The average molecular weight is 497 g/mol. The summed E-state index contributed by atoms with van der Waals surface area (Å²) in [5.74, 6) is -0.460. The molecule has 0 radical (unpaired) electrons. The van der Waals surface area contributed by atoms with Gasteiger partial charge in [0.25, 0.3) is 5.91 Å². The number of nitrogens with zero attached hydrogens (tertiary/aromatic N) is 2. The number of nitrogens with one attached hydrogen (secondary N) is 1. The molecule has 1 saturated heterocycles. The third kappa shape index (κ3) is 5.80. The lowest BCUT2D eigenvalue weighted by Crippen LogP contribution is -2.41. The van der Waals surface area contributed by atoms with Crippen molar-refractivity contribution in [2.24, 2.45) is 11.7 Å². The maximum absolute atomic E-state index is 12.6. The number of hydrogen-bond donors (Lipinski definition) is 2. The number of primary amides is 1. The fourth-order valence-electron chi connectivity index (χ4n) is 3.03. The number of rotatable bonds is 6. The van der Waals surface area contributed by atoms with Gasteiger partial charge in [-0.3, -0.25) is 14.4 Å². The van der Waals surface area contributed by atoms with Gasteiger partial charge in [-0.1, -0.05) is 27.3 Å². The van der Waals surface area contributed by atoms with Crippen LogP contribution in [0.25, 0.3) is 0 Å². The second-order valence-corrected chi connectivity index (χ2v) is 9.87. The molecule has 0 aliphatic carbocycles. The molecule has 0 spiro atoms. The number of halogens is 1. The first-order chi connectivity index (χ1) is 13.8. The molecule has 0 bridgehead atoms. The fourth-order valence-corrected chi connectivity index (χ4v) is 5.18. The number of hydrogen-bond acceptors (Lipinski definition) is 6. The van der Waals surface area contributed by atoms with Crippen LogP contribution in [0, 0.1) is 12.8 Å². The van der Waals surface area contributed by atoms with Crippen molar-refractivity contribution in [1.29, 1.82) is 0 Å². The standard InChI is InChI=1S/C19H21BrN4O3S2/c1-11-18(28-10-15(21)25)29-19(22-11)23-16(26)12-6-8-24(9-7-12)17(27)13-2-4-14(20)5-3-13/h2-5,12H,6-10H2,1H3,(H2,21,25)(H,22,23,26). The van der Waals surface area contributed by atoms with Crippen molar-refractivity contribution in [3.8, 4) is 0 Å². The Morgan fingerprint density at radius 2 is 1.93 bits per heavy atom. The van der Waals surface area contributed by atoms with Crippen LogP contribution in [-0.4, -0.2) is 46.4 Å². The molecule has 2 heterocycles. The van der Waals surface area contributed by atoms with E-state index in [9.17, 15) is 14.4 Å². The quantitative estimate of drug-likeness (QED) is 0.596. The van der Waals surface area contributed by atoms with E-state index in [1.165, 1.54) is 23.1 Å². The largest absolute Gasteiger partial charge is 0.369 e. The average Bonchev–Trinajstić information content (AvgIpc) is 3.05. The predicted octanol–water partition coefficient (Wildman–Crippen LogP) is 3.28. The maximum atomic E-state index is 12.6. The number of carbonyl (C=O) groups excluding carboxylic acids is 3. The number of likely N-dealkylation sites (tertiary alicyclic amines) is 1. The summed E-state index contributed by atoms with van der Waals surface area (Å²) in [5, 5.41) is 3.39. The molecular formula is C19H21BrN4O3S2. The van der Waals surface area contributed by atoms with Crippen LogP contribution in [0.4, 0.5) is 5.13 Å². The number of aryl methyl sites for hydroxylation is 1. The van der Waals surface area contributed by atoms with Crippen LogP contribution in [0.5, 0.6) is 0 Å². The van der Waals surface area contributed by atoms with Gasteiger partial charge in [-0.2, -0.15) is 0 Å². The smallest absolute Gasteiger partial charge is 0.253 e. The molecule has 1 aromatic carbocycles. The van der Waals surface area contributed by atoms with Crippen LogP contribution < -0.4 is 11.1 Å². The van der Waals surface area contributed by atoms with Gasteiger partial charge >= 0.3 is 0 Å². The number of benzene rings is 1. The van der Waals surface area contributed by atoms with Crippen LogP contribution in [0.15, 0.2) is 32.9 Å². The first-order valence-electron chi connectivity index (χ1n) is 9.07. The second-order valence-electron chi connectivity index (χ2n) is 6.71. The van der Waals surface area contributed by atoms with Gasteiger partial charge < -0.3 is 16.0 Å². The van der Waals surface area contributed by atoms with E-state index < -0.39 is 5.91 Å². The molecule has 0 atom stereocenters. The Hall–Kier alpha value is -1.91. The molecule has 3 rings (SSSR count). The fraction of sp³-hybridized carbons (Fsp3) is 0.368. The van der Waals surface area contributed by atoms with E-state index in [1.54, 1.807) is 17.0 Å². The van der Waals surface area contributed by atoms with Crippen LogP contribution in [0.1, 0.15) is 28.9 Å². The van der Waals surface area contributed by atoms with Crippen molar-refractivity contribution < 1.29 is 14.4 Å². The Labute approximate surface area is 185 Å². The Kier molecular flexibility index (Phi) is 7.31. The van der Waals surface area contributed by atoms with Crippen molar-refractivity contribution in [1.82, 2.24) is 9.88 Å². The second kappa shape index (κ2) is 9.73. The molecular weight excluding hydrogens is 476 g/mol. The lowest BCUT2D eigenvalue weighted by molar-refractivity contribution is -0.121. The van der Waals surface area contributed by atoms with Gasteiger partial charge in [0.2, 0.25) is 11.8 Å². The molecule has 2 aromatic rings. The predicted molar refractivity (Wildman–Crippen MR) is 118 cm³/mol.